The molecule has 0 saturated carbocycles. The quantitative estimate of drug-likeness (QED) is 0.327. The zero-order valence-electron chi connectivity index (χ0n) is 16.2. The van der Waals surface area contributed by atoms with E-state index in [-0.39, 0.29) is 12.0 Å². The SMILES string of the molecule is C=C1C(=O)O[C@@H]2/C=C(\C)CC/C=C(/C(=O)OC)C[C@@H](OC(=O)/C(C)=C\C)[C@@H]12. The van der Waals surface area contributed by atoms with Crippen molar-refractivity contribution in [3.63, 3.8) is 0 Å². The molecule has 6 heteroatoms. The predicted octanol–water partition coefficient (Wildman–Crippen LogP) is 3.19. The lowest BCUT2D eigenvalue weighted by molar-refractivity contribution is -0.148. The lowest BCUT2D eigenvalue weighted by Crippen LogP contribution is -2.34. The van der Waals surface area contributed by atoms with Crippen molar-refractivity contribution in [2.24, 2.45) is 5.92 Å². The second kappa shape index (κ2) is 8.84. The molecule has 27 heavy (non-hydrogen) atoms. The van der Waals surface area contributed by atoms with Crippen molar-refractivity contribution in [3.05, 3.63) is 47.1 Å². The molecule has 1 aliphatic carbocycles. The summed E-state index contributed by atoms with van der Waals surface area (Å²) in [7, 11) is 1.31. The number of hydrogen-bond acceptors (Lipinski definition) is 6. The van der Waals surface area contributed by atoms with Crippen LogP contribution in [0.25, 0.3) is 0 Å². The first kappa shape index (κ1) is 20.7. The molecule has 3 atom stereocenters. The van der Waals surface area contributed by atoms with Gasteiger partial charge in [0, 0.05) is 23.1 Å². The van der Waals surface area contributed by atoms with Gasteiger partial charge in [0.25, 0.3) is 0 Å². The maximum Gasteiger partial charge on any atom is 0.334 e. The summed E-state index contributed by atoms with van der Waals surface area (Å²) in [4.78, 5) is 36.7. The van der Waals surface area contributed by atoms with Gasteiger partial charge < -0.3 is 14.2 Å². The van der Waals surface area contributed by atoms with Crippen LogP contribution in [-0.4, -0.2) is 37.2 Å². The molecule has 0 amide bonds. The summed E-state index contributed by atoms with van der Waals surface area (Å²) in [6.45, 7) is 9.15. The molecule has 2 rings (SSSR count). The zero-order chi connectivity index (χ0) is 20.1. The summed E-state index contributed by atoms with van der Waals surface area (Å²) in [5.41, 5.74) is 2.11. The number of methoxy groups -OCH3 is 1. The summed E-state index contributed by atoms with van der Waals surface area (Å²) < 4.78 is 16.0. The smallest absolute Gasteiger partial charge is 0.334 e. The molecule has 0 aromatic rings. The number of carbonyl (C=O) groups is 3. The van der Waals surface area contributed by atoms with E-state index in [4.69, 9.17) is 14.2 Å². The Morgan fingerprint density at radius 2 is 2.07 bits per heavy atom. The van der Waals surface area contributed by atoms with E-state index in [1.807, 2.05) is 13.0 Å². The van der Waals surface area contributed by atoms with Gasteiger partial charge in [0.15, 0.2) is 0 Å². The minimum atomic E-state index is -0.774. The lowest BCUT2D eigenvalue weighted by Gasteiger charge is -2.27. The molecule has 1 aliphatic heterocycles. The molecular formula is C21H26O6. The molecule has 6 nitrogen and oxygen atoms in total. The normalized spacial score (nSPS) is 30.2. The van der Waals surface area contributed by atoms with Gasteiger partial charge in [-0.1, -0.05) is 24.3 Å². The molecule has 0 aromatic carbocycles. The lowest BCUT2D eigenvalue weighted by atomic mass is 9.85. The van der Waals surface area contributed by atoms with Crippen LogP contribution in [0.2, 0.25) is 0 Å². The van der Waals surface area contributed by atoms with E-state index in [1.54, 1.807) is 26.0 Å². The molecule has 0 unspecified atom stereocenters. The number of hydrogen-bond donors (Lipinski definition) is 0. The van der Waals surface area contributed by atoms with Gasteiger partial charge in [-0.05, 0) is 39.7 Å². The maximum atomic E-state index is 12.4. The fourth-order valence-corrected chi connectivity index (χ4v) is 3.21. The highest BCUT2D eigenvalue weighted by Crippen LogP contribution is 2.36. The minimum absolute atomic E-state index is 0.124. The molecule has 2 aliphatic rings. The van der Waals surface area contributed by atoms with Crippen LogP contribution in [-0.2, 0) is 28.6 Å². The highest BCUT2D eigenvalue weighted by atomic mass is 16.6. The summed E-state index contributed by atoms with van der Waals surface area (Å²) in [6, 6.07) is 0. The molecule has 0 bridgehead atoms. The van der Waals surface area contributed by atoms with Crippen molar-refractivity contribution in [2.45, 2.75) is 52.2 Å². The first-order valence-corrected chi connectivity index (χ1v) is 8.96. The van der Waals surface area contributed by atoms with Crippen molar-refractivity contribution >= 4 is 17.9 Å². The van der Waals surface area contributed by atoms with Gasteiger partial charge in [0.2, 0.25) is 0 Å². The summed E-state index contributed by atoms with van der Waals surface area (Å²) in [6.07, 6.45) is 5.44. The molecular weight excluding hydrogens is 348 g/mol. The number of carbonyl (C=O) groups excluding carboxylic acids is 3. The van der Waals surface area contributed by atoms with Crippen molar-refractivity contribution in [1.29, 1.82) is 0 Å². The Hall–Kier alpha value is -2.63. The van der Waals surface area contributed by atoms with Crippen LogP contribution in [0.15, 0.2) is 47.1 Å². The largest absolute Gasteiger partial charge is 0.466 e. The molecule has 1 fully saturated rings. The van der Waals surface area contributed by atoms with Crippen LogP contribution in [0.3, 0.4) is 0 Å². The summed E-state index contributed by atoms with van der Waals surface area (Å²) in [5.74, 6) is -2.06. The number of ether oxygens (including phenoxy) is 3. The minimum Gasteiger partial charge on any atom is -0.466 e. The first-order valence-electron chi connectivity index (χ1n) is 8.96. The topological polar surface area (TPSA) is 78.9 Å². The van der Waals surface area contributed by atoms with Gasteiger partial charge in [-0.15, -0.1) is 0 Å². The van der Waals surface area contributed by atoms with Crippen molar-refractivity contribution in [2.75, 3.05) is 7.11 Å². The monoisotopic (exact) mass is 374 g/mol. The first-order chi connectivity index (χ1) is 12.8. The van der Waals surface area contributed by atoms with E-state index >= 15 is 0 Å². The van der Waals surface area contributed by atoms with Gasteiger partial charge in [-0.25, -0.2) is 14.4 Å². The van der Waals surface area contributed by atoms with Crippen molar-refractivity contribution in [3.8, 4) is 0 Å². The average Bonchev–Trinajstić information content (AvgIpc) is 2.91. The van der Waals surface area contributed by atoms with Crippen LogP contribution in [0.5, 0.6) is 0 Å². The second-order valence-corrected chi connectivity index (χ2v) is 6.81. The molecule has 0 aromatic heterocycles. The third-order valence-corrected chi connectivity index (χ3v) is 4.92. The molecule has 0 N–H and O–H groups in total. The fraction of sp³-hybridized carbons (Fsp3) is 0.476. The number of allylic oxidation sites excluding steroid dienone is 3. The highest BCUT2D eigenvalue weighted by molar-refractivity contribution is 5.92. The Labute approximate surface area is 159 Å². The van der Waals surface area contributed by atoms with Crippen molar-refractivity contribution < 1.29 is 28.6 Å². The van der Waals surface area contributed by atoms with Crippen LogP contribution >= 0.6 is 0 Å². The fourth-order valence-electron chi connectivity index (χ4n) is 3.21. The summed E-state index contributed by atoms with van der Waals surface area (Å²) in [5, 5.41) is 0. The number of fused-ring (bicyclic) bond motifs is 1. The van der Waals surface area contributed by atoms with E-state index in [0.717, 1.165) is 12.0 Å². The molecule has 1 heterocycles. The average molecular weight is 374 g/mol. The van der Waals surface area contributed by atoms with Gasteiger partial charge in [0.05, 0.1) is 13.0 Å². The van der Waals surface area contributed by atoms with Crippen LogP contribution in [0.4, 0.5) is 0 Å². The van der Waals surface area contributed by atoms with Crippen LogP contribution in [0.1, 0.15) is 40.0 Å². The van der Waals surface area contributed by atoms with Crippen molar-refractivity contribution in [1.82, 2.24) is 0 Å². The standard InChI is InChI=1S/C21H26O6/c1-6-13(3)19(22)26-17-11-15(21(24)25-5)9-7-8-12(2)10-16-18(17)14(4)20(23)27-16/h6,9-10,16-18H,4,7-8,11H2,1-3,5H3/b12-10+,13-6-,15-9+/t16-,17-,18+/m1/s1. The molecule has 0 radical (unpaired) electrons. The Kier molecular flexibility index (Phi) is 6.77. The van der Waals surface area contributed by atoms with Crippen LogP contribution < -0.4 is 0 Å². The van der Waals surface area contributed by atoms with E-state index in [1.165, 1.54) is 7.11 Å². The van der Waals surface area contributed by atoms with E-state index in [0.29, 0.717) is 17.6 Å². The summed E-state index contributed by atoms with van der Waals surface area (Å²) >= 11 is 0. The van der Waals surface area contributed by atoms with E-state index in [2.05, 4.69) is 6.58 Å². The number of esters is 3. The molecule has 0 spiro atoms. The van der Waals surface area contributed by atoms with E-state index in [9.17, 15) is 14.4 Å². The second-order valence-electron chi connectivity index (χ2n) is 6.81. The number of rotatable bonds is 3. The third kappa shape index (κ3) is 4.76. The Morgan fingerprint density at radius 1 is 1.37 bits per heavy atom. The third-order valence-electron chi connectivity index (χ3n) is 4.92. The van der Waals surface area contributed by atoms with Gasteiger partial charge in [-0.2, -0.15) is 0 Å². The maximum absolute atomic E-state index is 12.4. The Morgan fingerprint density at radius 3 is 2.70 bits per heavy atom. The highest BCUT2D eigenvalue weighted by Gasteiger charge is 2.45. The zero-order valence-corrected chi connectivity index (χ0v) is 16.2. The van der Waals surface area contributed by atoms with Crippen LogP contribution in [0, 0.1) is 5.92 Å². The Bertz CT molecular complexity index is 740. The van der Waals surface area contributed by atoms with Gasteiger partial charge in [-0.3, -0.25) is 0 Å². The molecule has 146 valence electrons. The molecule has 1 saturated heterocycles. The van der Waals surface area contributed by atoms with Gasteiger partial charge in [0.1, 0.15) is 12.2 Å². The van der Waals surface area contributed by atoms with Gasteiger partial charge >= 0.3 is 17.9 Å². The Balaban J connectivity index is 2.47. The van der Waals surface area contributed by atoms with E-state index < -0.39 is 36.0 Å². The predicted molar refractivity (Wildman–Crippen MR) is 99.5 cm³/mol.